The number of piperidine rings is 1. The molecule has 5 nitrogen and oxygen atoms in total. The first-order valence-electron chi connectivity index (χ1n) is 11.3. The Kier molecular flexibility index (Phi) is 6.07. The fraction of sp³-hybridized carbons (Fsp3) is 0.560. The summed E-state index contributed by atoms with van der Waals surface area (Å²) in [5.41, 5.74) is 2.54. The zero-order valence-electron chi connectivity index (χ0n) is 17.9. The molecule has 1 saturated carbocycles. The highest BCUT2D eigenvalue weighted by Gasteiger charge is 2.58. The highest BCUT2D eigenvalue weighted by Crippen LogP contribution is 2.59. The molecule has 1 N–H and O–H groups in total. The Morgan fingerprint density at radius 3 is 2.50 bits per heavy atom. The minimum absolute atomic E-state index is 0.0712. The van der Waals surface area contributed by atoms with Crippen molar-refractivity contribution in [1.82, 2.24) is 10.2 Å². The third-order valence-electron chi connectivity index (χ3n) is 7.22. The maximum atomic E-state index is 13.0. The third kappa shape index (κ3) is 4.35. The van der Waals surface area contributed by atoms with Gasteiger partial charge in [-0.1, -0.05) is 29.8 Å². The SMILES string of the molecule is CC(=O)c1ccccc1C(=O)N1CCC2(CC1)CC2C(=O)NCCC1=CCCCC1. The third-order valence-corrected chi connectivity index (χ3v) is 7.22. The van der Waals surface area contributed by atoms with Crippen molar-refractivity contribution in [3.8, 4) is 0 Å². The van der Waals surface area contributed by atoms with Gasteiger partial charge in [-0.3, -0.25) is 14.4 Å². The van der Waals surface area contributed by atoms with E-state index in [1.54, 1.807) is 24.3 Å². The molecule has 30 heavy (non-hydrogen) atoms. The van der Waals surface area contributed by atoms with Crippen molar-refractivity contribution < 1.29 is 14.4 Å². The highest BCUT2D eigenvalue weighted by molar-refractivity contribution is 6.07. The number of ketones is 1. The first kappa shape index (κ1) is 20.8. The van der Waals surface area contributed by atoms with Gasteiger partial charge in [0, 0.05) is 31.1 Å². The monoisotopic (exact) mass is 408 g/mol. The Hall–Kier alpha value is -2.43. The predicted octanol–water partition coefficient (Wildman–Crippen LogP) is 4.14. The Labute approximate surface area is 178 Å². The van der Waals surface area contributed by atoms with E-state index in [1.165, 1.54) is 38.2 Å². The number of nitrogens with one attached hydrogen (secondary N) is 1. The van der Waals surface area contributed by atoms with Gasteiger partial charge in [-0.25, -0.2) is 0 Å². The van der Waals surface area contributed by atoms with Gasteiger partial charge in [0.1, 0.15) is 0 Å². The minimum Gasteiger partial charge on any atom is -0.356 e. The van der Waals surface area contributed by atoms with Gasteiger partial charge in [-0.05, 0) is 69.8 Å². The summed E-state index contributed by atoms with van der Waals surface area (Å²) in [4.78, 5) is 39.3. The lowest BCUT2D eigenvalue weighted by Gasteiger charge is -2.33. The summed E-state index contributed by atoms with van der Waals surface area (Å²) in [6.07, 6.45) is 10.9. The zero-order chi connectivity index (χ0) is 21.1. The van der Waals surface area contributed by atoms with Crippen molar-refractivity contribution in [3.63, 3.8) is 0 Å². The largest absolute Gasteiger partial charge is 0.356 e. The van der Waals surface area contributed by atoms with Crippen LogP contribution < -0.4 is 5.32 Å². The van der Waals surface area contributed by atoms with Crippen LogP contribution in [0.5, 0.6) is 0 Å². The van der Waals surface area contributed by atoms with Crippen molar-refractivity contribution in [2.75, 3.05) is 19.6 Å². The lowest BCUT2D eigenvalue weighted by molar-refractivity contribution is -0.123. The smallest absolute Gasteiger partial charge is 0.254 e. The molecular weight excluding hydrogens is 376 g/mol. The van der Waals surface area contributed by atoms with Crippen LogP contribution in [0.25, 0.3) is 0 Å². The number of Topliss-reactive ketones (excluding diaryl/α,β-unsaturated/α-hetero) is 1. The topological polar surface area (TPSA) is 66.5 Å². The number of carbonyl (C=O) groups excluding carboxylic acids is 3. The summed E-state index contributed by atoms with van der Waals surface area (Å²) < 4.78 is 0. The van der Waals surface area contributed by atoms with E-state index >= 15 is 0 Å². The summed E-state index contributed by atoms with van der Waals surface area (Å²) in [5.74, 6) is 0.126. The molecule has 1 aromatic carbocycles. The van der Waals surface area contributed by atoms with E-state index in [2.05, 4.69) is 11.4 Å². The summed E-state index contributed by atoms with van der Waals surface area (Å²) in [6, 6.07) is 7.04. The van der Waals surface area contributed by atoms with Gasteiger partial charge in [0.2, 0.25) is 5.91 Å². The van der Waals surface area contributed by atoms with E-state index < -0.39 is 0 Å². The second-order valence-corrected chi connectivity index (χ2v) is 9.16. The number of amides is 2. The number of hydrogen-bond donors (Lipinski definition) is 1. The van der Waals surface area contributed by atoms with E-state index in [1.807, 2.05) is 4.90 Å². The molecule has 1 unspecified atom stereocenters. The number of nitrogens with zero attached hydrogens (tertiary/aromatic N) is 1. The van der Waals surface area contributed by atoms with Crippen molar-refractivity contribution >= 4 is 17.6 Å². The van der Waals surface area contributed by atoms with E-state index in [9.17, 15) is 14.4 Å². The van der Waals surface area contributed by atoms with Crippen LogP contribution in [0.3, 0.4) is 0 Å². The highest BCUT2D eigenvalue weighted by atomic mass is 16.2. The van der Waals surface area contributed by atoms with Crippen LogP contribution in [0.1, 0.15) is 79.0 Å². The molecule has 2 amide bonds. The quantitative estimate of drug-likeness (QED) is 0.568. The van der Waals surface area contributed by atoms with Crippen molar-refractivity contribution in [2.24, 2.45) is 11.3 Å². The first-order chi connectivity index (χ1) is 14.5. The second kappa shape index (κ2) is 8.75. The normalized spacial score (nSPS) is 22.4. The molecule has 5 heteroatoms. The van der Waals surface area contributed by atoms with Crippen LogP contribution in [0, 0.1) is 11.3 Å². The summed E-state index contributed by atoms with van der Waals surface area (Å²) in [6.45, 7) is 3.54. The molecule has 3 aliphatic rings. The van der Waals surface area contributed by atoms with E-state index in [0.29, 0.717) is 24.2 Å². The van der Waals surface area contributed by atoms with Gasteiger partial charge >= 0.3 is 0 Å². The molecule has 160 valence electrons. The fourth-order valence-corrected chi connectivity index (χ4v) is 5.17. The molecule has 2 fully saturated rings. The Balaban J connectivity index is 1.27. The average Bonchev–Trinajstić information content (AvgIpc) is 3.47. The Bertz CT molecular complexity index is 865. The lowest BCUT2D eigenvalue weighted by atomic mass is 9.90. The van der Waals surface area contributed by atoms with E-state index in [0.717, 1.165) is 32.2 Å². The minimum atomic E-state index is -0.0876. The number of hydrogen-bond acceptors (Lipinski definition) is 3. The molecule has 0 bridgehead atoms. The molecule has 2 aliphatic carbocycles. The lowest BCUT2D eigenvalue weighted by Crippen LogP contribution is -2.41. The number of likely N-dealkylation sites (tertiary alicyclic amines) is 1. The van der Waals surface area contributed by atoms with Gasteiger partial charge < -0.3 is 10.2 Å². The van der Waals surface area contributed by atoms with Crippen LogP contribution in [0.4, 0.5) is 0 Å². The zero-order valence-corrected chi connectivity index (χ0v) is 17.9. The Morgan fingerprint density at radius 2 is 1.83 bits per heavy atom. The van der Waals surface area contributed by atoms with Gasteiger partial charge in [0.15, 0.2) is 5.78 Å². The molecule has 1 heterocycles. The predicted molar refractivity (Wildman–Crippen MR) is 116 cm³/mol. The van der Waals surface area contributed by atoms with E-state index in [-0.39, 0.29) is 28.9 Å². The van der Waals surface area contributed by atoms with Crippen molar-refractivity contribution in [1.29, 1.82) is 0 Å². The van der Waals surface area contributed by atoms with Crippen LogP contribution in [-0.4, -0.2) is 42.1 Å². The molecule has 1 atom stereocenters. The van der Waals surface area contributed by atoms with Gasteiger partial charge in [0.25, 0.3) is 5.91 Å². The second-order valence-electron chi connectivity index (χ2n) is 9.16. The summed E-state index contributed by atoms with van der Waals surface area (Å²) in [5, 5.41) is 3.15. The van der Waals surface area contributed by atoms with Crippen molar-refractivity contribution in [3.05, 3.63) is 47.0 Å². The number of benzene rings is 1. The molecule has 1 spiro atoms. The molecule has 0 radical (unpaired) electrons. The number of rotatable bonds is 6. The summed E-state index contributed by atoms with van der Waals surface area (Å²) in [7, 11) is 0. The van der Waals surface area contributed by atoms with E-state index in [4.69, 9.17) is 0 Å². The van der Waals surface area contributed by atoms with Gasteiger partial charge in [-0.15, -0.1) is 0 Å². The van der Waals surface area contributed by atoms with Crippen LogP contribution in [0.15, 0.2) is 35.9 Å². The molecule has 1 aromatic rings. The molecule has 0 aromatic heterocycles. The first-order valence-corrected chi connectivity index (χ1v) is 11.3. The van der Waals surface area contributed by atoms with Crippen LogP contribution >= 0.6 is 0 Å². The maximum Gasteiger partial charge on any atom is 0.254 e. The van der Waals surface area contributed by atoms with Gasteiger partial charge in [0.05, 0.1) is 5.56 Å². The molecular formula is C25H32N2O3. The van der Waals surface area contributed by atoms with Crippen LogP contribution in [-0.2, 0) is 4.79 Å². The molecule has 1 aliphatic heterocycles. The molecule has 1 saturated heterocycles. The average molecular weight is 409 g/mol. The fourth-order valence-electron chi connectivity index (χ4n) is 5.17. The van der Waals surface area contributed by atoms with Crippen LogP contribution in [0.2, 0.25) is 0 Å². The van der Waals surface area contributed by atoms with Crippen molar-refractivity contribution in [2.45, 2.75) is 58.3 Å². The number of carbonyl (C=O) groups is 3. The molecule has 4 rings (SSSR count). The maximum absolute atomic E-state index is 13.0. The summed E-state index contributed by atoms with van der Waals surface area (Å²) >= 11 is 0. The Morgan fingerprint density at radius 1 is 1.10 bits per heavy atom. The number of allylic oxidation sites excluding steroid dienone is 1. The standard InChI is InChI=1S/C25H32N2O3/c1-18(28)20-9-5-6-10-21(20)24(30)27-15-12-25(13-16-27)17-22(25)23(29)26-14-11-19-7-3-2-4-8-19/h5-7,9-10,22H,2-4,8,11-17H2,1H3,(H,26,29). The van der Waals surface area contributed by atoms with Gasteiger partial charge in [-0.2, -0.15) is 0 Å².